The molecule has 1 aromatic rings. The predicted molar refractivity (Wildman–Crippen MR) is 79.0 cm³/mol. The highest BCUT2D eigenvalue weighted by atomic mass is 16.4. The number of rotatable bonds is 3. The Bertz CT molecular complexity index is 500. The highest BCUT2D eigenvalue weighted by molar-refractivity contribution is 5.84. The van der Waals surface area contributed by atoms with Gasteiger partial charge < -0.3 is 10.4 Å². The van der Waals surface area contributed by atoms with Crippen molar-refractivity contribution in [1.29, 1.82) is 0 Å². The molecule has 0 saturated carbocycles. The molecule has 4 heteroatoms. The van der Waals surface area contributed by atoms with E-state index in [-0.39, 0.29) is 6.04 Å². The van der Waals surface area contributed by atoms with Crippen LogP contribution in [-0.2, 0) is 4.79 Å². The van der Waals surface area contributed by atoms with E-state index in [2.05, 4.69) is 10.2 Å². The number of fused-ring (bicyclic) bond motifs is 1. The molecule has 2 aliphatic rings. The lowest BCUT2D eigenvalue weighted by Crippen LogP contribution is -2.57. The first-order valence-electron chi connectivity index (χ1n) is 7.44. The molecule has 108 valence electrons. The van der Waals surface area contributed by atoms with Gasteiger partial charge in [0.05, 0.1) is 0 Å². The monoisotopic (exact) mass is 274 g/mol. The summed E-state index contributed by atoms with van der Waals surface area (Å²) in [5, 5.41) is 13.2. The number of carboxylic acid groups (broad SMARTS) is 1. The van der Waals surface area contributed by atoms with Crippen LogP contribution in [0.1, 0.15) is 31.2 Å². The zero-order chi connectivity index (χ0) is 14.2. The Morgan fingerprint density at radius 1 is 1.30 bits per heavy atom. The van der Waals surface area contributed by atoms with E-state index in [1.807, 2.05) is 31.2 Å². The largest absolute Gasteiger partial charge is 0.479 e. The highest BCUT2D eigenvalue weighted by Gasteiger charge is 2.53. The first-order chi connectivity index (χ1) is 9.62. The maximum Gasteiger partial charge on any atom is 0.331 e. The van der Waals surface area contributed by atoms with Crippen molar-refractivity contribution < 1.29 is 9.90 Å². The lowest BCUT2D eigenvalue weighted by Gasteiger charge is -2.39. The second-order valence-corrected chi connectivity index (χ2v) is 6.07. The van der Waals surface area contributed by atoms with Gasteiger partial charge in [-0.1, -0.05) is 24.1 Å². The molecule has 3 rings (SSSR count). The van der Waals surface area contributed by atoms with Crippen molar-refractivity contribution in [2.24, 2.45) is 0 Å². The fraction of sp³-hybridized carbons (Fsp3) is 0.562. The number of aryl methyl sites for hydroxylation is 1. The van der Waals surface area contributed by atoms with Crippen molar-refractivity contribution in [2.75, 3.05) is 18.4 Å². The van der Waals surface area contributed by atoms with E-state index in [9.17, 15) is 9.90 Å². The standard InChI is InChI=1S/C16H22N2O2/c1-12-5-7-13(8-6-12)17-16(15(19)20)9-11-18-10-3-2-4-14(16)18/h5-8,14,17H,2-4,9-11H2,1H3,(H,19,20). The van der Waals surface area contributed by atoms with Crippen LogP contribution in [0.15, 0.2) is 24.3 Å². The molecule has 0 aliphatic carbocycles. The van der Waals surface area contributed by atoms with Crippen molar-refractivity contribution in [3.8, 4) is 0 Å². The third kappa shape index (κ3) is 2.18. The molecule has 2 fully saturated rings. The summed E-state index contributed by atoms with van der Waals surface area (Å²) in [6.07, 6.45) is 3.98. The molecule has 0 bridgehead atoms. The summed E-state index contributed by atoms with van der Waals surface area (Å²) in [5.41, 5.74) is 1.27. The Morgan fingerprint density at radius 3 is 2.75 bits per heavy atom. The van der Waals surface area contributed by atoms with Crippen LogP contribution in [0.2, 0.25) is 0 Å². The number of benzene rings is 1. The van der Waals surface area contributed by atoms with Gasteiger partial charge in [0.15, 0.2) is 5.54 Å². The molecular formula is C16H22N2O2. The summed E-state index contributed by atoms with van der Waals surface area (Å²) in [6, 6.07) is 8.11. The Labute approximate surface area is 119 Å². The first kappa shape index (κ1) is 13.4. The van der Waals surface area contributed by atoms with Crippen LogP contribution in [0, 0.1) is 6.92 Å². The van der Waals surface area contributed by atoms with Gasteiger partial charge in [-0.3, -0.25) is 4.90 Å². The normalized spacial score (nSPS) is 29.9. The summed E-state index contributed by atoms with van der Waals surface area (Å²) >= 11 is 0. The number of nitrogens with zero attached hydrogens (tertiary/aromatic N) is 1. The summed E-state index contributed by atoms with van der Waals surface area (Å²) in [7, 11) is 0. The van der Waals surface area contributed by atoms with Crippen LogP contribution in [0.3, 0.4) is 0 Å². The summed E-state index contributed by atoms with van der Waals surface area (Å²) in [4.78, 5) is 14.3. The zero-order valence-electron chi connectivity index (χ0n) is 11.9. The molecule has 0 amide bonds. The third-order valence-corrected chi connectivity index (χ3v) is 4.78. The van der Waals surface area contributed by atoms with Gasteiger partial charge in [0.1, 0.15) is 0 Å². The van der Waals surface area contributed by atoms with Gasteiger partial charge in [-0.2, -0.15) is 0 Å². The minimum atomic E-state index is -0.824. The number of aliphatic carboxylic acids is 1. The van der Waals surface area contributed by atoms with Crippen molar-refractivity contribution >= 4 is 11.7 Å². The molecule has 2 heterocycles. The van der Waals surface area contributed by atoms with Crippen LogP contribution in [0.4, 0.5) is 5.69 Å². The van der Waals surface area contributed by atoms with Crippen LogP contribution >= 0.6 is 0 Å². The van der Waals surface area contributed by atoms with Gasteiger partial charge in [0.25, 0.3) is 0 Å². The molecule has 0 radical (unpaired) electrons. The molecule has 1 aromatic carbocycles. The van der Waals surface area contributed by atoms with Gasteiger partial charge >= 0.3 is 5.97 Å². The van der Waals surface area contributed by atoms with Gasteiger partial charge in [-0.25, -0.2) is 4.79 Å². The number of carboxylic acids is 1. The minimum Gasteiger partial charge on any atom is -0.479 e. The molecule has 0 spiro atoms. The van der Waals surface area contributed by atoms with Crippen LogP contribution in [0.25, 0.3) is 0 Å². The van der Waals surface area contributed by atoms with E-state index < -0.39 is 11.5 Å². The maximum absolute atomic E-state index is 12.0. The molecule has 4 nitrogen and oxygen atoms in total. The Balaban J connectivity index is 1.88. The van der Waals surface area contributed by atoms with Crippen LogP contribution in [-0.4, -0.2) is 40.6 Å². The van der Waals surface area contributed by atoms with E-state index >= 15 is 0 Å². The predicted octanol–water partition coefficient (Wildman–Crippen LogP) is 2.49. The van der Waals surface area contributed by atoms with Crippen molar-refractivity contribution in [1.82, 2.24) is 4.90 Å². The maximum atomic E-state index is 12.0. The Kier molecular flexibility index (Phi) is 3.42. The lowest BCUT2D eigenvalue weighted by atomic mass is 9.85. The highest BCUT2D eigenvalue weighted by Crippen LogP contribution is 2.37. The topological polar surface area (TPSA) is 52.6 Å². The van der Waals surface area contributed by atoms with Crippen molar-refractivity contribution in [3.05, 3.63) is 29.8 Å². The van der Waals surface area contributed by atoms with Crippen molar-refractivity contribution in [3.63, 3.8) is 0 Å². The van der Waals surface area contributed by atoms with E-state index in [4.69, 9.17) is 0 Å². The summed E-state index contributed by atoms with van der Waals surface area (Å²) in [5.74, 6) is -0.715. The average molecular weight is 274 g/mol. The molecule has 20 heavy (non-hydrogen) atoms. The van der Waals surface area contributed by atoms with E-state index in [0.29, 0.717) is 6.42 Å². The fourth-order valence-electron chi connectivity index (χ4n) is 3.65. The molecule has 2 N–H and O–H groups in total. The van der Waals surface area contributed by atoms with Crippen LogP contribution in [0.5, 0.6) is 0 Å². The van der Waals surface area contributed by atoms with Gasteiger partial charge in [-0.05, 0) is 44.9 Å². The number of piperidine rings is 1. The molecule has 2 atom stereocenters. The smallest absolute Gasteiger partial charge is 0.331 e. The minimum absolute atomic E-state index is 0.120. The molecule has 2 aliphatic heterocycles. The second kappa shape index (κ2) is 5.09. The number of carbonyl (C=O) groups is 1. The Morgan fingerprint density at radius 2 is 2.05 bits per heavy atom. The average Bonchev–Trinajstić information content (AvgIpc) is 2.82. The molecule has 2 saturated heterocycles. The van der Waals surface area contributed by atoms with Gasteiger partial charge in [0, 0.05) is 18.3 Å². The quantitative estimate of drug-likeness (QED) is 0.889. The zero-order valence-corrected chi connectivity index (χ0v) is 11.9. The number of anilines is 1. The number of hydrogen-bond acceptors (Lipinski definition) is 3. The van der Waals surface area contributed by atoms with Gasteiger partial charge in [0.2, 0.25) is 0 Å². The number of nitrogens with one attached hydrogen (secondary N) is 1. The van der Waals surface area contributed by atoms with Crippen LogP contribution < -0.4 is 5.32 Å². The van der Waals surface area contributed by atoms with E-state index in [0.717, 1.165) is 31.6 Å². The summed E-state index contributed by atoms with van der Waals surface area (Å²) in [6.45, 7) is 3.96. The number of hydrogen-bond donors (Lipinski definition) is 2. The summed E-state index contributed by atoms with van der Waals surface area (Å²) < 4.78 is 0. The fourth-order valence-corrected chi connectivity index (χ4v) is 3.65. The van der Waals surface area contributed by atoms with E-state index in [1.165, 1.54) is 12.0 Å². The Hall–Kier alpha value is -1.55. The SMILES string of the molecule is Cc1ccc(NC2(C(=O)O)CCN3CCCCC32)cc1. The van der Waals surface area contributed by atoms with Gasteiger partial charge in [-0.15, -0.1) is 0 Å². The third-order valence-electron chi connectivity index (χ3n) is 4.78. The lowest BCUT2D eigenvalue weighted by molar-refractivity contribution is -0.143. The molecular weight excluding hydrogens is 252 g/mol. The molecule has 2 unspecified atom stereocenters. The van der Waals surface area contributed by atoms with E-state index in [1.54, 1.807) is 0 Å². The molecule has 0 aromatic heterocycles. The first-order valence-corrected chi connectivity index (χ1v) is 7.44. The second-order valence-electron chi connectivity index (χ2n) is 6.07. The van der Waals surface area contributed by atoms with Crippen molar-refractivity contribution in [2.45, 2.75) is 44.2 Å².